The molecule has 0 spiro atoms. The van der Waals surface area contributed by atoms with E-state index in [1.807, 2.05) is 54.9 Å². The van der Waals surface area contributed by atoms with Crippen LogP contribution in [0.1, 0.15) is 32.7 Å². The van der Waals surface area contributed by atoms with Crippen LogP contribution in [0.2, 0.25) is 5.02 Å². The number of aryl methyl sites for hydroxylation is 2. The molecule has 7 nitrogen and oxygen atoms in total. The second-order valence-electron chi connectivity index (χ2n) is 8.35. The lowest BCUT2D eigenvalue weighted by molar-refractivity contribution is 0.0952. The van der Waals surface area contributed by atoms with Crippen molar-refractivity contribution in [3.05, 3.63) is 94.2 Å². The zero-order valence-corrected chi connectivity index (χ0v) is 19.6. The van der Waals surface area contributed by atoms with Crippen molar-refractivity contribution in [3.63, 3.8) is 0 Å². The van der Waals surface area contributed by atoms with E-state index in [1.54, 1.807) is 18.6 Å². The average Bonchev–Trinajstić information content (AvgIpc) is 3.16. The van der Waals surface area contributed by atoms with Crippen LogP contribution in [0.3, 0.4) is 0 Å². The first-order chi connectivity index (χ1) is 16.4. The van der Waals surface area contributed by atoms with Crippen molar-refractivity contribution in [2.45, 2.75) is 26.9 Å². The number of benzene rings is 1. The van der Waals surface area contributed by atoms with Crippen molar-refractivity contribution < 1.29 is 4.79 Å². The molecule has 5 rings (SSSR count). The Bertz CT molecular complexity index is 1540. The standard InChI is InChI=1S/C26H23ClN6O/c1-15-7-25(28)32-16(2)21(15)11-31-26(34)22-14-33(24-12-29-6-5-20(22)24)13-17-3-4-23-18(8-17)9-19(27)10-30-23/h3-10,12,14H,11,13H2,1-2H3,(H2,28,32)(H,31,34). The molecule has 5 aromatic rings. The number of nitrogens with one attached hydrogen (secondary N) is 1. The number of anilines is 1. The van der Waals surface area contributed by atoms with Crippen LogP contribution < -0.4 is 11.1 Å². The summed E-state index contributed by atoms with van der Waals surface area (Å²) in [5, 5.41) is 5.46. The summed E-state index contributed by atoms with van der Waals surface area (Å²) in [6.07, 6.45) is 7.00. The van der Waals surface area contributed by atoms with Gasteiger partial charge in [-0.1, -0.05) is 17.7 Å². The zero-order chi connectivity index (χ0) is 23.8. The number of halogens is 1. The molecule has 0 aliphatic rings. The summed E-state index contributed by atoms with van der Waals surface area (Å²) in [6, 6.07) is 11.7. The maximum Gasteiger partial charge on any atom is 0.253 e. The summed E-state index contributed by atoms with van der Waals surface area (Å²) < 4.78 is 2.04. The lowest BCUT2D eigenvalue weighted by Crippen LogP contribution is -2.24. The van der Waals surface area contributed by atoms with Gasteiger partial charge in [0.15, 0.2) is 0 Å². The molecule has 0 atom stereocenters. The smallest absolute Gasteiger partial charge is 0.253 e. The molecule has 0 aliphatic heterocycles. The normalized spacial score (nSPS) is 11.3. The molecule has 170 valence electrons. The van der Waals surface area contributed by atoms with Crippen molar-refractivity contribution in [3.8, 4) is 0 Å². The summed E-state index contributed by atoms with van der Waals surface area (Å²) >= 11 is 6.12. The second-order valence-corrected chi connectivity index (χ2v) is 8.79. The topological polar surface area (TPSA) is 98.7 Å². The molecule has 0 saturated carbocycles. The lowest BCUT2D eigenvalue weighted by Gasteiger charge is -2.11. The molecular formula is C26H23ClN6O. The summed E-state index contributed by atoms with van der Waals surface area (Å²) in [4.78, 5) is 26.1. The van der Waals surface area contributed by atoms with Crippen LogP contribution in [0.4, 0.5) is 5.82 Å². The molecule has 1 aromatic carbocycles. The van der Waals surface area contributed by atoms with Crippen LogP contribution in [0.5, 0.6) is 0 Å². The van der Waals surface area contributed by atoms with Crippen molar-refractivity contribution >= 4 is 45.1 Å². The molecule has 3 N–H and O–H groups in total. The van der Waals surface area contributed by atoms with Gasteiger partial charge in [0.2, 0.25) is 0 Å². The molecule has 1 amide bonds. The summed E-state index contributed by atoms with van der Waals surface area (Å²) in [5.41, 5.74) is 12.1. The Kier molecular flexibility index (Phi) is 5.63. The van der Waals surface area contributed by atoms with E-state index in [0.29, 0.717) is 29.5 Å². The number of nitrogens with two attached hydrogens (primary N) is 1. The van der Waals surface area contributed by atoms with Crippen LogP contribution in [0, 0.1) is 13.8 Å². The molecule has 4 aromatic heterocycles. The Morgan fingerprint density at radius 1 is 1.15 bits per heavy atom. The number of hydrogen-bond acceptors (Lipinski definition) is 5. The van der Waals surface area contributed by atoms with Gasteiger partial charge in [0.25, 0.3) is 5.91 Å². The van der Waals surface area contributed by atoms with E-state index in [-0.39, 0.29) is 5.91 Å². The number of fused-ring (bicyclic) bond motifs is 2. The third-order valence-corrected chi connectivity index (χ3v) is 6.20. The molecule has 4 heterocycles. The fraction of sp³-hybridized carbons (Fsp3) is 0.154. The van der Waals surface area contributed by atoms with Gasteiger partial charge in [0.05, 0.1) is 27.8 Å². The first kappa shape index (κ1) is 21.9. The van der Waals surface area contributed by atoms with Crippen LogP contribution >= 0.6 is 11.6 Å². The number of nitrogen functional groups attached to an aromatic ring is 1. The molecule has 0 fully saturated rings. The van der Waals surface area contributed by atoms with E-state index in [0.717, 1.165) is 44.2 Å². The van der Waals surface area contributed by atoms with E-state index in [1.165, 1.54) is 0 Å². The monoisotopic (exact) mass is 470 g/mol. The fourth-order valence-electron chi connectivity index (χ4n) is 4.32. The Morgan fingerprint density at radius 2 is 2.00 bits per heavy atom. The Labute approximate surface area is 201 Å². The third kappa shape index (κ3) is 4.18. The second kappa shape index (κ2) is 8.76. The minimum atomic E-state index is -0.153. The van der Waals surface area contributed by atoms with Crippen molar-refractivity contribution in [2.24, 2.45) is 0 Å². The first-order valence-electron chi connectivity index (χ1n) is 10.9. The molecule has 0 saturated heterocycles. The Hall–Kier alpha value is -3.97. The van der Waals surface area contributed by atoms with E-state index in [2.05, 4.69) is 26.3 Å². The number of pyridine rings is 3. The summed E-state index contributed by atoms with van der Waals surface area (Å²) in [5.74, 6) is 0.326. The molecule has 0 radical (unpaired) electrons. The predicted molar refractivity (Wildman–Crippen MR) is 135 cm³/mol. The van der Waals surface area contributed by atoms with Gasteiger partial charge in [0.1, 0.15) is 5.82 Å². The third-order valence-electron chi connectivity index (χ3n) is 5.99. The quantitative estimate of drug-likeness (QED) is 0.384. The van der Waals surface area contributed by atoms with Gasteiger partial charge < -0.3 is 15.6 Å². The van der Waals surface area contributed by atoms with Crippen LogP contribution in [0.25, 0.3) is 21.8 Å². The number of aromatic nitrogens is 4. The average molecular weight is 471 g/mol. The molecular weight excluding hydrogens is 448 g/mol. The molecule has 34 heavy (non-hydrogen) atoms. The Balaban J connectivity index is 1.44. The molecule has 0 bridgehead atoms. The highest BCUT2D eigenvalue weighted by atomic mass is 35.5. The zero-order valence-electron chi connectivity index (χ0n) is 18.8. The maximum atomic E-state index is 13.2. The largest absolute Gasteiger partial charge is 0.384 e. The van der Waals surface area contributed by atoms with Gasteiger partial charge in [-0.05, 0) is 60.9 Å². The Morgan fingerprint density at radius 3 is 2.82 bits per heavy atom. The lowest BCUT2D eigenvalue weighted by atomic mass is 10.1. The van der Waals surface area contributed by atoms with Crippen molar-refractivity contribution in [1.29, 1.82) is 0 Å². The number of carbonyl (C=O) groups is 1. The van der Waals surface area contributed by atoms with E-state index in [9.17, 15) is 4.79 Å². The fourth-order valence-corrected chi connectivity index (χ4v) is 4.48. The highest BCUT2D eigenvalue weighted by Gasteiger charge is 2.16. The maximum absolute atomic E-state index is 13.2. The summed E-state index contributed by atoms with van der Waals surface area (Å²) in [7, 11) is 0. The highest BCUT2D eigenvalue weighted by Crippen LogP contribution is 2.24. The SMILES string of the molecule is Cc1cc(N)nc(C)c1CNC(=O)c1cn(Cc2ccc3ncc(Cl)cc3c2)c2cnccc12. The van der Waals surface area contributed by atoms with E-state index >= 15 is 0 Å². The van der Waals surface area contributed by atoms with Crippen LogP contribution in [0.15, 0.2) is 61.2 Å². The van der Waals surface area contributed by atoms with Gasteiger partial charge in [-0.2, -0.15) is 0 Å². The number of carbonyl (C=O) groups excluding carboxylic acids is 1. The number of amides is 1. The van der Waals surface area contributed by atoms with Gasteiger partial charge in [-0.15, -0.1) is 0 Å². The molecule has 0 aliphatic carbocycles. The highest BCUT2D eigenvalue weighted by molar-refractivity contribution is 6.31. The van der Waals surface area contributed by atoms with Crippen molar-refractivity contribution in [2.75, 3.05) is 5.73 Å². The van der Waals surface area contributed by atoms with Gasteiger partial charge in [-0.25, -0.2) is 4.98 Å². The molecule has 0 unspecified atom stereocenters. The van der Waals surface area contributed by atoms with Gasteiger partial charge >= 0.3 is 0 Å². The van der Waals surface area contributed by atoms with Crippen molar-refractivity contribution in [1.82, 2.24) is 24.8 Å². The minimum Gasteiger partial charge on any atom is -0.384 e. The molecule has 8 heteroatoms. The van der Waals surface area contributed by atoms with Gasteiger partial charge in [-0.3, -0.25) is 14.8 Å². The summed E-state index contributed by atoms with van der Waals surface area (Å²) in [6.45, 7) is 4.82. The minimum absolute atomic E-state index is 0.153. The van der Waals surface area contributed by atoms with E-state index in [4.69, 9.17) is 17.3 Å². The first-order valence-corrected chi connectivity index (χ1v) is 11.2. The van der Waals surface area contributed by atoms with Crippen LogP contribution in [-0.2, 0) is 13.1 Å². The number of nitrogens with zero attached hydrogens (tertiary/aromatic N) is 4. The number of hydrogen-bond donors (Lipinski definition) is 2. The van der Waals surface area contributed by atoms with Crippen LogP contribution in [-0.4, -0.2) is 25.4 Å². The van der Waals surface area contributed by atoms with Gasteiger partial charge in [0, 0.05) is 48.1 Å². The van der Waals surface area contributed by atoms with E-state index < -0.39 is 0 Å². The number of rotatable bonds is 5. The predicted octanol–water partition coefficient (Wildman–Crippen LogP) is 4.81.